The molecule has 0 spiro atoms. The summed E-state index contributed by atoms with van der Waals surface area (Å²) in [5.74, 6) is 0.887. The predicted octanol–water partition coefficient (Wildman–Crippen LogP) is 1.98. The van der Waals surface area contributed by atoms with E-state index in [1.54, 1.807) is 31.4 Å². The van der Waals surface area contributed by atoms with Gasteiger partial charge in [0.15, 0.2) is 0 Å². The summed E-state index contributed by atoms with van der Waals surface area (Å²) in [6.45, 7) is 3.62. The maximum atomic E-state index is 9.31. The molecule has 76 valence electrons. The zero-order valence-corrected chi connectivity index (χ0v) is 8.23. The monoisotopic (exact) mass is 193 g/mol. The lowest BCUT2D eigenvalue weighted by atomic mass is 10.0. The van der Waals surface area contributed by atoms with E-state index >= 15 is 0 Å². The molecule has 1 rings (SSSR count). The largest absolute Gasteiger partial charge is 0.508 e. The molecule has 3 N–H and O–H groups in total. The molecule has 3 heteroatoms. The van der Waals surface area contributed by atoms with Gasteiger partial charge >= 0.3 is 0 Å². The maximum Gasteiger partial charge on any atom is 0.123 e. The van der Waals surface area contributed by atoms with Crippen molar-refractivity contribution in [2.45, 2.75) is 12.5 Å². The number of benzene rings is 1. The van der Waals surface area contributed by atoms with Crippen molar-refractivity contribution in [3.05, 3.63) is 36.4 Å². The summed E-state index contributed by atoms with van der Waals surface area (Å²) >= 11 is 0. The summed E-state index contributed by atoms with van der Waals surface area (Å²) in [4.78, 5) is 0. The average Bonchev–Trinajstić information content (AvgIpc) is 2.18. The fourth-order valence-corrected chi connectivity index (χ4v) is 1.32. The number of methoxy groups -OCH3 is 1. The molecular weight excluding hydrogens is 178 g/mol. The fourth-order valence-electron chi connectivity index (χ4n) is 1.32. The molecule has 0 aliphatic carbocycles. The predicted molar refractivity (Wildman–Crippen MR) is 56.4 cm³/mol. The van der Waals surface area contributed by atoms with Crippen molar-refractivity contribution in [3.8, 4) is 11.5 Å². The Labute approximate surface area is 83.8 Å². The van der Waals surface area contributed by atoms with E-state index in [0.29, 0.717) is 12.2 Å². The van der Waals surface area contributed by atoms with Gasteiger partial charge in [0.1, 0.15) is 11.5 Å². The van der Waals surface area contributed by atoms with Crippen molar-refractivity contribution < 1.29 is 9.84 Å². The van der Waals surface area contributed by atoms with Crippen molar-refractivity contribution in [1.29, 1.82) is 0 Å². The minimum Gasteiger partial charge on any atom is -0.508 e. The number of phenols is 1. The van der Waals surface area contributed by atoms with E-state index in [1.807, 2.05) is 0 Å². The first-order chi connectivity index (χ1) is 6.69. The van der Waals surface area contributed by atoms with E-state index < -0.39 is 0 Å². The van der Waals surface area contributed by atoms with Gasteiger partial charge in [-0.15, -0.1) is 6.58 Å². The van der Waals surface area contributed by atoms with Crippen LogP contribution in [0.2, 0.25) is 0 Å². The number of hydrogen-bond acceptors (Lipinski definition) is 3. The molecular formula is C11H15NO2. The topological polar surface area (TPSA) is 55.5 Å². The molecule has 0 fully saturated rings. The Kier molecular flexibility index (Phi) is 3.54. The molecule has 0 saturated carbocycles. The van der Waals surface area contributed by atoms with Crippen LogP contribution in [-0.2, 0) is 0 Å². The molecule has 1 aromatic carbocycles. The average molecular weight is 193 g/mol. The summed E-state index contributed by atoms with van der Waals surface area (Å²) in [7, 11) is 1.58. The molecule has 1 unspecified atom stereocenters. The number of aromatic hydroxyl groups is 1. The highest BCUT2D eigenvalue weighted by molar-refractivity contribution is 5.41. The Bertz CT molecular complexity index is 323. The summed E-state index contributed by atoms with van der Waals surface area (Å²) in [5.41, 5.74) is 6.69. The van der Waals surface area contributed by atoms with Crippen LogP contribution in [0.25, 0.3) is 0 Å². The maximum absolute atomic E-state index is 9.31. The molecule has 0 saturated heterocycles. The van der Waals surface area contributed by atoms with Gasteiger partial charge in [0, 0.05) is 11.6 Å². The van der Waals surface area contributed by atoms with Crippen LogP contribution in [0.1, 0.15) is 18.0 Å². The molecule has 0 amide bonds. The van der Waals surface area contributed by atoms with Crippen LogP contribution in [0.5, 0.6) is 11.5 Å². The molecule has 0 aliphatic heterocycles. The van der Waals surface area contributed by atoms with Crippen LogP contribution in [0.3, 0.4) is 0 Å². The van der Waals surface area contributed by atoms with E-state index in [4.69, 9.17) is 10.5 Å². The Morgan fingerprint density at radius 1 is 1.64 bits per heavy atom. The smallest absolute Gasteiger partial charge is 0.123 e. The van der Waals surface area contributed by atoms with Gasteiger partial charge in [-0.05, 0) is 24.6 Å². The minimum atomic E-state index is -0.186. The third kappa shape index (κ3) is 2.26. The van der Waals surface area contributed by atoms with Crippen molar-refractivity contribution in [1.82, 2.24) is 0 Å². The molecule has 0 bridgehead atoms. The first-order valence-electron chi connectivity index (χ1n) is 4.42. The van der Waals surface area contributed by atoms with Gasteiger partial charge in [-0.3, -0.25) is 0 Å². The van der Waals surface area contributed by atoms with Crippen LogP contribution in [-0.4, -0.2) is 12.2 Å². The Morgan fingerprint density at radius 2 is 2.36 bits per heavy atom. The molecule has 1 atom stereocenters. The van der Waals surface area contributed by atoms with Crippen LogP contribution < -0.4 is 10.5 Å². The van der Waals surface area contributed by atoms with Crippen molar-refractivity contribution >= 4 is 0 Å². The number of hydrogen-bond donors (Lipinski definition) is 2. The minimum absolute atomic E-state index is 0.186. The van der Waals surface area contributed by atoms with Crippen LogP contribution in [0, 0.1) is 0 Å². The zero-order chi connectivity index (χ0) is 10.6. The molecule has 14 heavy (non-hydrogen) atoms. The number of nitrogens with two attached hydrogens (primary N) is 1. The summed E-state index contributed by atoms with van der Waals surface area (Å²) in [6.07, 6.45) is 2.40. The lowest BCUT2D eigenvalue weighted by Gasteiger charge is -2.14. The summed E-state index contributed by atoms with van der Waals surface area (Å²) in [6, 6.07) is 4.71. The Hall–Kier alpha value is -1.48. The molecule has 3 nitrogen and oxygen atoms in total. The molecule has 0 aromatic heterocycles. The van der Waals surface area contributed by atoms with Crippen LogP contribution >= 0.6 is 0 Å². The van der Waals surface area contributed by atoms with Gasteiger partial charge in [-0.2, -0.15) is 0 Å². The van der Waals surface area contributed by atoms with Crippen molar-refractivity contribution in [2.24, 2.45) is 5.73 Å². The zero-order valence-electron chi connectivity index (χ0n) is 8.23. The lowest BCUT2D eigenvalue weighted by molar-refractivity contribution is 0.402. The molecule has 0 radical (unpaired) electrons. The summed E-state index contributed by atoms with van der Waals surface area (Å²) in [5, 5.41) is 9.31. The highest BCUT2D eigenvalue weighted by Gasteiger charge is 2.10. The fraction of sp³-hybridized carbons (Fsp3) is 0.273. The van der Waals surface area contributed by atoms with Crippen molar-refractivity contribution in [3.63, 3.8) is 0 Å². The van der Waals surface area contributed by atoms with Gasteiger partial charge in [-0.25, -0.2) is 0 Å². The van der Waals surface area contributed by atoms with E-state index in [9.17, 15) is 5.11 Å². The van der Waals surface area contributed by atoms with Gasteiger partial charge in [0.2, 0.25) is 0 Å². The van der Waals surface area contributed by atoms with Crippen LogP contribution in [0.15, 0.2) is 30.9 Å². The SMILES string of the molecule is C=CCC(N)c1cc(O)ccc1OC. The first-order valence-corrected chi connectivity index (χ1v) is 4.42. The lowest BCUT2D eigenvalue weighted by Crippen LogP contribution is -2.10. The van der Waals surface area contributed by atoms with Gasteiger partial charge in [-0.1, -0.05) is 6.08 Å². The second-order valence-corrected chi connectivity index (χ2v) is 3.06. The second kappa shape index (κ2) is 4.67. The van der Waals surface area contributed by atoms with E-state index in [0.717, 1.165) is 5.56 Å². The van der Waals surface area contributed by atoms with Crippen molar-refractivity contribution in [2.75, 3.05) is 7.11 Å². The number of phenolic OH excluding ortho intramolecular Hbond substituents is 1. The van der Waals surface area contributed by atoms with E-state index in [1.165, 1.54) is 0 Å². The number of ether oxygens (including phenoxy) is 1. The van der Waals surface area contributed by atoms with Gasteiger partial charge < -0.3 is 15.6 Å². The van der Waals surface area contributed by atoms with Gasteiger partial charge in [0.25, 0.3) is 0 Å². The third-order valence-corrected chi connectivity index (χ3v) is 2.03. The third-order valence-electron chi connectivity index (χ3n) is 2.03. The highest BCUT2D eigenvalue weighted by Crippen LogP contribution is 2.29. The van der Waals surface area contributed by atoms with E-state index in [-0.39, 0.29) is 11.8 Å². The highest BCUT2D eigenvalue weighted by atomic mass is 16.5. The second-order valence-electron chi connectivity index (χ2n) is 3.06. The molecule has 0 heterocycles. The first kappa shape index (κ1) is 10.6. The quantitative estimate of drug-likeness (QED) is 0.719. The summed E-state index contributed by atoms with van der Waals surface area (Å²) < 4.78 is 5.14. The van der Waals surface area contributed by atoms with Gasteiger partial charge in [0.05, 0.1) is 7.11 Å². The Morgan fingerprint density at radius 3 is 2.93 bits per heavy atom. The normalized spacial score (nSPS) is 12.1. The van der Waals surface area contributed by atoms with Crippen LogP contribution in [0.4, 0.5) is 0 Å². The molecule has 1 aromatic rings. The molecule has 0 aliphatic rings. The number of rotatable bonds is 4. The Balaban J connectivity index is 3.02. The standard InChI is InChI=1S/C11H15NO2/c1-3-4-10(12)9-7-8(13)5-6-11(9)14-2/h3,5-7,10,13H,1,4,12H2,2H3. The van der Waals surface area contributed by atoms with E-state index in [2.05, 4.69) is 6.58 Å².